The molecule has 0 aliphatic rings. The summed E-state index contributed by atoms with van der Waals surface area (Å²) in [4.78, 5) is 2.60. The normalized spacial score (nSPS) is 12.5. The second-order valence-electron chi connectivity index (χ2n) is 3.14. The number of rotatable bonds is 4. The van der Waals surface area contributed by atoms with E-state index in [4.69, 9.17) is 16.5 Å². The van der Waals surface area contributed by atoms with E-state index in [2.05, 4.69) is 4.84 Å². The predicted octanol–water partition coefficient (Wildman–Crippen LogP) is 2.51. The van der Waals surface area contributed by atoms with Crippen molar-refractivity contribution in [3.05, 3.63) is 29.8 Å². The summed E-state index contributed by atoms with van der Waals surface area (Å²) < 4.78 is 5.49. The second-order valence-corrected chi connectivity index (χ2v) is 3.36. The predicted molar refractivity (Wildman–Crippen MR) is 55.1 cm³/mol. The molecule has 1 rings (SSSR count). The number of hydrogen-bond donors (Lipinski definition) is 1. The lowest BCUT2D eigenvalue weighted by molar-refractivity contribution is 0.289. The molecule has 3 heteroatoms. The highest BCUT2D eigenvalue weighted by Gasteiger charge is 1.99. The first kappa shape index (κ1) is 10.4. The highest BCUT2D eigenvalue weighted by Crippen LogP contribution is 2.12. The van der Waals surface area contributed by atoms with E-state index in [1.807, 2.05) is 38.1 Å². The molecule has 13 heavy (non-hydrogen) atoms. The van der Waals surface area contributed by atoms with Crippen LogP contribution >= 0.6 is 11.8 Å². The Hall–Kier alpha value is -0.730. The topological polar surface area (TPSA) is 21.3 Å². The molecule has 1 N–H and O–H groups in total. The third kappa shape index (κ3) is 3.66. The first-order chi connectivity index (χ1) is 6.22. The van der Waals surface area contributed by atoms with Crippen molar-refractivity contribution in [3.8, 4) is 5.75 Å². The van der Waals surface area contributed by atoms with Gasteiger partial charge in [-0.15, -0.1) is 0 Å². The van der Waals surface area contributed by atoms with E-state index < -0.39 is 0 Å². The van der Waals surface area contributed by atoms with E-state index in [1.54, 1.807) is 0 Å². The number of aryl methyl sites for hydroxylation is 1. The van der Waals surface area contributed by atoms with E-state index in [0.717, 1.165) is 5.75 Å². The first-order valence-corrected chi connectivity index (χ1v) is 4.66. The fourth-order valence-corrected chi connectivity index (χ4v) is 1.02. The Morgan fingerprint density at radius 2 is 2.31 bits per heavy atom. The zero-order valence-corrected chi connectivity index (χ0v) is 8.64. The minimum Gasteiger partial charge on any atom is -0.492 e. The van der Waals surface area contributed by atoms with Crippen LogP contribution in [0.3, 0.4) is 0 Å². The van der Waals surface area contributed by atoms with Crippen molar-refractivity contribution < 1.29 is 4.74 Å². The average molecular weight is 200 g/mol. The molecule has 0 spiro atoms. The number of halogens is 1. The first-order valence-electron chi connectivity index (χ1n) is 4.28. The van der Waals surface area contributed by atoms with Crippen LogP contribution in [-0.4, -0.2) is 12.6 Å². The van der Waals surface area contributed by atoms with Crippen LogP contribution in [-0.2, 0) is 0 Å². The van der Waals surface area contributed by atoms with Crippen molar-refractivity contribution in [2.75, 3.05) is 6.61 Å². The lowest BCUT2D eigenvalue weighted by atomic mass is 10.2. The lowest BCUT2D eigenvalue weighted by Crippen LogP contribution is -2.24. The number of nitrogens with one attached hydrogen (secondary N) is 1. The van der Waals surface area contributed by atoms with Crippen molar-refractivity contribution in [2.24, 2.45) is 0 Å². The summed E-state index contributed by atoms with van der Waals surface area (Å²) in [6.45, 7) is 4.58. The molecular weight excluding hydrogens is 186 g/mol. The quantitative estimate of drug-likeness (QED) is 0.753. The molecule has 0 fully saturated rings. The zero-order chi connectivity index (χ0) is 9.68. The molecule has 0 aliphatic heterocycles. The Morgan fingerprint density at radius 1 is 1.54 bits per heavy atom. The molecule has 1 aromatic rings. The molecule has 0 aliphatic carbocycles. The Bertz CT molecular complexity index is 265. The Balaban J connectivity index is 2.45. The standard InChI is InChI=1S/C10H14ClNO/c1-8-4-3-5-10(6-8)13-7-9(2)12-11/h3-6,9,12H,7H2,1-2H3. The monoisotopic (exact) mass is 199 g/mol. The highest BCUT2D eigenvalue weighted by molar-refractivity contribution is 6.13. The summed E-state index contributed by atoms with van der Waals surface area (Å²) in [5.41, 5.74) is 1.20. The lowest BCUT2D eigenvalue weighted by Gasteiger charge is -2.10. The summed E-state index contributed by atoms with van der Waals surface area (Å²) in [5.74, 6) is 0.888. The third-order valence-electron chi connectivity index (χ3n) is 1.68. The van der Waals surface area contributed by atoms with Gasteiger partial charge in [-0.05, 0) is 43.3 Å². The summed E-state index contributed by atoms with van der Waals surface area (Å²) in [6, 6.07) is 8.11. The van der Waals surface area contributed by atoms with Crippen molar-refractivity contribution in [3.63, 3.8) is 0 Å². The van der Waals surface area contributed by atoms with Gasteiger partial charge < -0.3 is 4.74 Å². The van der Waals surface area contributed by atoms with Gasteiger partial charge >= 0.3 is 0 Å². The second kappa shape index (κ2) is 5.10. The van der Waals surface area contributed by atoms with E-state index >= 15 is 0 Å². The Morgan fingerprint density at radius 3 is 2.92 bits per heavy atom. The molecule has 0 aromatic heterocycles. The molecule has 1 unspecified atom stereocenters. The molecule has 0 saturated heterocycles. The van der Waals surface area contributed by atoms with Crippen LogP contribution in [0.1, 0.15) is 12.5 Å². The van der Waals surface area contributed by atoms with Crippen LogP contribution in [0.5, 0.6) is 5.75 Å². The number of benzene rings is 1. The maximum atomic E-state index is 5.49. The summed E-state index contributed by atoms with van der Waals surface area (Å²) in [5, 5.41) is 0. The van der Waals surface area contributed by atoms with E-state index in [-0.39, 0.29) is 6.04 Å². The molecule has 0 amide bonds. The van der Waals surface area contributed by atoms with Crippen molar-refractivity contribution in [1.82, 2.24) is 4.84 Å². The van der Waals surface area contributed by atoms with Gasteiger partial charge in [0.1, 0.15) is 12.4 Å². The summed E-state index contributed by atoms with van der Waals surface area (Å²) >= 11 is 5.42. The fraction of sp³-hybridized carbons (Fsp3) is 0.400. The molecular formula is C10H14ClNO. The molecule has 0 bridgehead atoms. The van der Waals surface area contributed by atoms with Gasteiger partial charge in [-0.2, -0.15) is 0 Å². The molecule has 0 heterocycles. The molecule has 0 radical (unpaired) electrons. The van der Waals surface area contributed by atoms with Gasteiger partial charge in [0, 0.05) is 0 Å². The van der Waals surface area contributed by atoms with Gasteiger partial charge in [-0.25, -0.2) is 4.84 Å². The van der Waals surface area contributed by atoms with Gasteiger partial charge in [-0.3, -0.25) is 0 Å². The Kier molecular flexibility index (Phi) is 4.06. The van der Waals surface area contributed by atoms with Gasteiger partial charge in [0.05, 0.1) is 6.04 Å². The van der Waals surface area contributed by atoms with Crippen LogP contribution in [0, 0.1) is 6.92 Å². The highest BCUT2D eigenvalue weighted by atomic mass is 35.5. The maximum Gasteiger partial charge on any atom is 0.119 e. The zero-order valence-electron chi connectivity index (χ0n) is 7.88. The minimum atomic E-state index is 0.155. The molecule has 0 saturated carbocycles. The van der Waals surface area contributed by atoms with Crippen LogP contribution in [0.2, 0.25) is 0 Å². The van der Waals surface area contributed by atoms with Crippen LogP contribution < -0.4 is 9.57 Å². The van der Waals surface area contributed by atoms with E-state index in [0.29, 0.717) is 6.61 Å². The summed E-state index contributed by atoms with van der Waals surface area (Å²) in [6.07, 6.45) is 0. The Labute approximate surface area is 84.0 Å². The average Bonchev–Trinajstić information content (AvgIpc) is 2.14. The summed E-state index contributed by atoms with van der Waals surface area (Å²) in [7, 11) is 0. The van der Waals surface area contributed by atoms with E-state index in [1.165, 1.54) is 5.56 Å². The fourth-order valence-electron chi connectivity index (χ4n) is 0.958. The van der Waals surface area contributed by atoms with Crippen LogP contribution in [0.15, 0.2) is 24.3 Å². The van der Waals surface area contributed by atoms with Gasteiger partial charge in [-0.1, -0.05) is 12.1 Å². The SMILES string of the molecule is Cc1cccc(OCC(C)NCl)c1. The van der Waals surface area contributed by atoms with E-state index in [9.17, 15) is 0 Å². The number of ether oxygens (including phenoxy) is 1. The van der Waals surface area contributed by atoms with Gasteiger partial charge in [0.2, 0.25) is 0 Å². The largest absolute Gasteiger partial charge is 0.492 e. The molecule has 1 aromatic carbocycles. The van der Waals surface area contributed by atoms with Crippen molar-refractivity contribution >= 4 is 11.8 Å². The number of hydrogen-bond acceptors (Lipinski definition) is 2. The van der Waals surface area contributed by atoms with Crippen LogP contribution in [0.4, 0.5) is 0 Å². The van der Waals surface area contributed by atoms with Gasteiger partial charge in [0.15, 0.2) is 0 Å². The van der Waals surface area contributed by atoms with Crippen LogP contribution in [0.25, 0.3) is 0 Å². The molecule has 2 nitrogen and oxygen atoms in total. The van der Waals surface area contributed by atoms with Crippen molar-refractivity contribution in [1.29, 1.82) is 0 Å². The smallest absolute Gasteiger partial charge is 0.119 e. The molecule has 1 atom stereocenters. The van der Waals surface area contributed by atoms with Crippen molar-refractivity contribution in [2.45, 2.75) is 19.9 Å². The minimum absolute atomic E-state index is 0.155. The van der Waals surface area contributed by atoms with Gasteiger partial charge in [0.25, 0.3) is 0 Å². The molecule has 72 valence electrons. The third-order valence-corrected chi connectivity index (χ3v) is 2.05. The maximum absolute atomic E-state index is 5.49.